The molecule has 1 aromatic rings. The first-order valence-electron chi connectivity index (χ1n) is 5.47. The van der Waals surface area contributed by atoms with Gasteiger partial charge in [-0.2, -0.15) is 0 Å². The lowest BCUT2D eigenvalue weighted by atomic mass is 9.85. The second kappa shape index (κ2) is 3.48. The summed E-state index contributed by atoms with van der Waals surface area (Å²) in [5.74, 6) is -0.829. The third-order valence-electron chi connectivity index (χ3n) is 3.02. The van der Waals surface area contributed by atoms with E-state index in [4.69, 9.17) is 5.11 Å². The van der Waals surface area contributed by atoms with E-state index in [0.29, 0.717) is 5.57 Å². The van der Waals surface area contributed by atoms with Crippen molar-refractivity contribution in [3.8, 4) is 0 Å². The first kappa shape index (κ1) is 10.9. The van der Waals surface area contributed by atoms with Crippen LogP contribution in [0.1, 0.15) is 37.5 Å². The van der Waals surface area contributed by atoms with Crippen molar-refractivity contribution in [2.24, 2.45) is 0 Å². The number of hydrogen-bond acceptors (Lipinski definition) is 1. The van der Waals surface area contributed by atoms with Crippen molar-refractivity contribution in [3.63, 3.8) is 0 Å². The van der Waals surface area contributed by atoms with E-state index in [9.17, 15) is 4.79 Å². The second-order valence-corrected chi connectivity index (χ2v) is 5.25. The minimum absolute atomic E-state index is 0.0568. The van der Waals surface area contributed by atoms with Gasteiger partial charge in [0.1, 0.15) is 0 Å². The molecule has 0 heterocycles. The number of carboxylic acid groups (broad SMARTS) is 1. The Balaban J connectivity index is 2.51. The molecule has 0 atom stereocenters. The highest BCUT2D eigenvalue weighted by Crippen LogP contribution is 2.32. The van der Waals surface area contributed by atoms with Crippen LogP contribution in [-0.2, 0) is 16.6 Å². The molecule has 2 heteroatoms. The molecule has 2 nitrogen and oxygen atoms in total. The number of allylic oxidation sites excluding steroid dienone is 1. The smallest absolute Gasteiger partial charge is 0.335 e. The van der Waals surface area contributed by atoms with Gasteiger partial charge in [-0.05, 0) is 28.5 Å². The molecule has 0 fully saturated rings. The number of rotatable bonds is 1. The molecule has 0 aromatic heterocycles. The average molecular weight is 216 g/mol. The van der Waals surface area contributed by atoms with Crippen LogP contribution in [-0.4, -0.2) is 11.1 Å². The molecule has 0 saturated carbocycles. The first-order chi connectivity index (χ1) is 7.39. The summed E-state index contributed by atoms with van der Waals surface area (Å²) < 4.78 is 0. The maximum atomic E-state index is 11.1. The molecule has 1 aromatic carbocycles. The van der Waals surface area contributed by atoms with Crippen LogP contribution < -0.4 is 0 Å². The normalized spacial score (nSPS) is 14.6. The van der Waals surface area contributed by atoms with Gasteiger partial charge < -0.3 is 5.11 Å². The molecule has 84 valence electrons. The molecule has 0 bridgehead atoms. The Morgan fingerprint density at radius 3 is 2.56 bits per heavy atom. The van der Waals surface area contributed by atoms with Crippen molar-refractivity contribution in [1.29, 1.82) is 0 Å². The highest BCUT2D eigenvalue weighted by Gasteiger charge is 2.22. The van der Waals surface area contributed by atoms with Gasteiger partial charge in [0.2, 0.25) is 0 Å². The molecular weight excluding hydrogens is 200 g/mol. The van der Waals surface area contributed by atoms with Gasteiger partial charge in [-0.3, -0.25) is 0 Å². The van der Waals surface area contributed by atoms with Crippen LogP contribution >= 0.6 is 0 Å². The van der Waals surface area contributed by atoms with E-state index in [0.717, 1.165) is 17.5 Å². The topological polar surface area (TPSA) is 37.3 Å². The largest absolute Gasteiger partial charge is 0.478 e. The van der Waals surface area contributed by atoms with E-state index in [2.05, 4.69) is 26.8 Å². The Hall–Kier alpha value is -1.57. The Morgan fingerprint density at radius 2 is 2.00 bits per heavy atom. The van der Waals surface area contributed by atoms with Crippen LogP contribution in [0.3, 0.4) is 0 Å². The number of aliphatic carboxylic acids is 1. The quantitative estimate of drug-likeness (QED) is 0.783. The molecule has 0 spiro atoms. The van der Waals surface area contributed by atoms with Gasteiger partial charge in [-0.25, -0.2) is 4.79 Å². The van der Waals surface area contributed by atoms with Gasteiger partial charge in [0, 0.05) is 0 Å². The van der Waals surface area contributed by atoms with Crippen molar-refractivity contribution >= 4 is 11.5 Å². The van der Waals surface area contributed by atoms with Crippen LogP contribution in [0.5, 0.6) is 0 Å². The molecule has 0 amide bonds. The number of carbonyl (C=O) groups is 1. The maximum absolute atomic E-state index is 11.1. The molecule has 1 aliphatic carbocycles. The fraction of sp³-hybridized carbons (Fsp3) is 0.357. The number of fused-ring (bicyclic) bond motifs is 1. The Morgan fingerprint density at radius 1 is 1.31 bits per heavy atom. The van der Waals surface area contributed by atoms with Crippen molar-refractivity contribution < 1.29 is 9.90 Å². The van der Waals surface area contributed by atoms with Gasteiger partial charge in [0.25, 0.3) is 0 Å². The zero-order valence-corrected chi connectivity index (χ0v) is 9.87. The predicted octanol–water partition coefficient (Wildman–Crippen LogP) is 3.01. The van der Waals surface area contributed by atoms with Crippen LogP contribution in [0.15, 0.2) is 24.3 Å². The summed E-state index contributed by atoms with van der Waals surface area (Å²) in [7, 11) is 0. The van der Waals surface area contributed by atoms with E-state index in [-0.39, 0.29) is 5.41 Å². The molecule has 1 N–H and O–H groups in total. The van der Waals surface area contributed by atoms with Gasteiger partial charge in [0.15, 0.2) is 0 Å². The molecule has 0 unspecified atom stereocenters. The Labute approximate surface area is 95.6 Å². The molecule has 0 saturated heterocycles. The average Bonchev–Trinajstić information content (AvgIpc) is 2.58. The van der Waals surface area contributed by atoms with Crippen LogP contribution in [0.2, 0.25) is 0 Å². The highest BCUT2D eigenvalue weighted by molar-refractivity contribution is 6.17. The Kier molecular flexibility index (Phi) is 2.38. The molecule has 16 heavy (non-hydrogen) atoms. The minimum atomic E-state index is -0.829. The fourth-order valence-corrected chi connectivity index (χ4v) is 2.00. The van der Waals surface area contributed by atoms with E-state index in [1.165, 1.54) is 5.56 Å². The summed E-state index contributed by atoms with van der Waals surface area (Å²) in [6, 6.07) is 6.15. The zero-order valence-electron chi connectivity index (χ0n) is 9.87. The molecule has 1 aliphatic rings. The summed E-state index contributed by atoms with van der Waals surface area (Å²) in [6.07, 6.45) is 2.53. The van der Waals surface area contributed by atoms with Crippen molar-refractivity contribution in [1.82, 2.24) is 0 Å². The number of hydrogen-bond donors (Lipinski definition) is 1. The highest BCUT2D eigenvalue weighted by atomic mass is 16.4. The Bertz CT molecular complexity index is 476. The molecule has 2 rings (SSSR count). The molecule has 0 radical (unpaired) electrons. The standard InChI is InChI=1S/C14H16O2/c1-14(2,3)10-6-4-9-5-7-11(13(15)16)12(9)8-10/h4,6-8H,5H2,1-3H3,(H,15,16). The van der Waals surface area contributed by atoms with Crippen LogP contribution in [0.4, 0.5) is 0 Å². The monoisotopic (exact) mass is 216 g/mol. The first-order valence-corrected chi connectivity index (χ1v) is 5.47. The van der Waals surface area contributed by atoms with Crippen LogP contribution in [0, 0.1) is 0 Å². The lowest BCUT2D eigenvalue weighted by Gasteiger charge is -2.20. The summed E-state index contributed by atoms with van der Waals surface area (Å²) in [6.45, 7) is 6.40. The van der Waals surface area contributed by atoms with Gasteiger partial charge >= 0.3 is 5.97 Å². The molecule has 0 aliphatic heterocycles. The van der Waals surface area contributed by atoms with Gasteiger partial charge in [0.05, 0.1) is 5.57 Å². The van der Waals surface area contributed by atoms with Gasteiger partial charge in [-0.1, -0.05) is 45.0 Å². The van der Waals surface area contributed by atoms with Gasteiger partial charge in [-0.15, -0.1) is 0 Å². The van der Waals surface area contributed by atoms with Crippen molar-refractivity contribution in [2.75, 3.05) is 0 Å². The summed E-state index contributed by atoms with van der Waals surface area (Å²) in [5.41, 5.74) is 3.69. The predicted molar refractivity (Wildman–Crippen MR) is 64.5 cm³/mol. The summed E-state index contributed by atoms with van der Waals surface area (Å²) >= 11 is 0. The maximum Gasteiger partial charge on any atom is 0.335 e. The SMILES string of the molecule is CC(C)(C)c1ccc2c(c1)C(C(=O)O)=CC2. The summed E-state index contributed by atoms with van der Waals surface area (Å²) in [4.78, 5) is 11.1. The van der Waals surface area contributed by atoms with E-state index < -0.39 is 5.97 Å². The van der Waals surface area contributed by atoms with Crippen molar-refractivity contribution in [3.05, 3.63) is 41.0 Å². The number of benzene rings is 1. The molecular formula is C14H16O2. The minimum Gasteiger partial charge on any atom is -0.478 e. The van der Waals surface area contributed by atoms with E-state index >= 15 is 0 Å². The second-order valence-electron chi connectivity index (χ2n) is 5.25. The van der Waals surface area contributed by atoms with Crippen LogP contribution in [0.25, 0.3) is 5.57 Å². The lowest BCUT2D eigenvalue weighted by molar-refractivity contribution is -0.130. The van der Waals surface area contributed by atoms with Crippen molar-refractivity contribution in [2.45, 2.75) is 32.6 Å². The van der Waals surface area contributed by atoms with E-state index in [1.807, 2.05) is 12.1 Å². The zero-order chi connectivity index (χ0) is 11.9. The lowest BCUT2D eigenvalue weighted by Crippen LogP contribution is -2.12. The number of carboxylic acids is 1. The fourth-order valence-electron chi connectivity index (χ4n) is 2.00. The summed E-state index contributed by atoms with van der Waals surface area (Å²) in [5, 5.41) is 9.09. The third kappa shape index (κ3) is 1.75. The third-order valence-corrected chi connectivity index (χ3v) is 3.02. The van der Waals surface area contributed by atoms with E-state index in [1.54, 1.807) is 6.08 Å².